The fourth-order valence-electron chi connectivity index (χ4n) is 1.82. The monoisotopic (exact) mass is 254 g/mol. The largest absolute Gasteiger partial charge is 0.211 e. The van der Waals surface area contributed by atoms with Gasteiger partial charge in [0.15, 0.2) is 0 Å². The molecule has 3 rings (SSSR count). The highest BCUT2D eigenvalue weighted by Crippen LogP contribution is 2.22. The highest BCUT2D eigenvalue weighted by Gasteiger charge is 2.10. The van der Waals surface area contributed by atoms with Crippen molar-refractivity contribution in [3.63, 3.8) is 0 Å². The SMILES string of the molecule is N#Cc1ccc(Cl)cc1-n1nnc2ccccc21. The average molecular weight is 255 g/mol. The molecule has 4 nitrogen and oxygen atoms in total. The first-order chi connectivity index (χ1) is 8.79. The van der Waals surface area contributed by atoms with E-state index in [4.69, 9.17) is 16.9 Å². The molecule has 1 aromatic heterocycles. The maximum atomic E-state index is 9.13. The van der Waals surface area contributed by atoms with E-state index in [9.17, 15) is 0 Å². The van der Waals surface area contributed by atoms with Gasteiger partial charge in [-0.25, -0.2) is 4.68 Å². The van der Waals surface area contributed by atoms with E-state index in [1.165, 1.54) is 0 Å². The van der Waals surface area contributed by atoms with Crippen LogP contribution < -0.4 is 0 Å². The van der Waals surface area contributed by atoms with Gasteiger partial charge in [0.1, 0.15) is 11.6 Å². The highest BCUT2D eigenvalue weighted by atomic mass is 35.5. The van der Waals surface area contributed by atoms with Crippen molar-refractivity contribution in [1.82, 2.24) is 15.0 Å². The molecule has 0 aliphatic rings. The Balaban J connectivity index is 2.33. The molecule has 0 saturated carbocycles. The van der Waals surface area contributed by atoms with Crippen LogP contribution in [0.5, 0.6) is 0 Å². The summed E-state index contributed by atoms with van der Waals surface area (Å²) < 4.78 is 1.62. The Kier molecular flexibility index (Phi) is 2.47. The summed E-state index contributed by atoms with van der Waals surface area (Å²) in [6, 6.07) is 14.8. The lowest BCUT2D eigenvalue weighted by Gasteiger charge is -2.04. The number of benzene rings is 2. The molecule has 5 heteroatoms. The van der Waals surface area contributed by atoms with Crippen LogP contribution in [0.4, 0.5) is 0 Å². The van der Waals surface area contributed by atoms with Gasteiger partial charge in [0.2, 0.25) is 0 Å². The molecule has 0 spiro atoms. The number of aromatic nitrogens is 3. The van der Waals surface area contributed by atoms with Crippen molar-refractivity contribution in [1.29, 1.82) is 5.26 Å². The Morgan fingerprint density at radius 3 is 2.83 bits per heavy atom. The molecule has 0 aliphatic carbocycles. The van der Waals surface area contributed by atoms with E-state index < -0.39 is 0 Å². The van der Waals surface area contributed by atoms with E-state index in [1.54, 1.807) is 22.9 Å². The van der Waals surface area contributed by atoms with Crippen LogP contribution in [0.15, 0.2) is 42.5 Å². The molecule has 2 aromatic carbocycles. The predicted molar refractivity (Wildman–Crippen MR) is 68.6 cm³/mol. The molecule has 0 aliphatic heterocycles. The maximum Gasteiger partial charge on any atom is 0.113 e. The standard InChI is InChI=1S/C13H7ClN4/c14-10-6-5-9(8-15)13(7-10)18-12-4-2-1-3-11(12)16-17-18/h1-7H. The fourth-order valence-corrected chi connectivity index (χ4v) is 1.99. The molecule has 0 radical (unpaired) electrons. The third-order valence-corrected chi connectivity index (χ3v) is 2.90. The molecule has 0 saturated heterocycles. The third kappa shape index (κ3) is 1.62. The Morgan fingerprint density at radius 1 is 1.17 bits per heavy atom. The van der Waals surface area contributed by atoms with Crippen molar-refractivity contribution in [3.05, 3.63) is 53.1 Å². The van der Waals surface area contributed by atoms with Gasteiger partial charge in [-0.15, -0.1) is 5.10 Å². The topological polar surface area (TPSA) is 54.5 Å². The average Bonchev–Trinajstić information content (AvgIpc) is 2.82. The first kappa shape index (κ1) is 10.8. The zero-order chi connectivity index (χ0) is 12.5. The zero-order valence-corrected chi connectivity index (χ0v) is 9.96. The summed E-state index contributed by atoms with van der Waals surface area (Å²) in [6.07, 6.45) is 0. The Hall–Kier alpha value is -2.38. The van der Waals surface area contributed by atoms with Crippen LogP contribution in [0.2, 0.25) is 5.02 Å². The molecule has 0 fully saturated rings. The van der Waals surface area contributed by atoms with Crippen molar-refractivity contribution >= 4 is 22.6 Å². The van der Waals surface area contributed by atoms with Gasteiger partial charge in [0.25, 0.3) is 0 Å². The molecular formula is C13H7ClN4. The van der Waals surface area contributed by atoms with E-state index in [1.807, 2.05) is 24.3 Å². The Bertz CT molecular complexity index is 770. The van der Waals surface area contributed by atoms with Crippen LogP contribution >= 0.6 is 11.6 Å². The lowest BCUT2D eigenvalue weighted by atomic mass is 10.2. The van der Waals surface area contributed by atoms with E-state index in [0.29, 0.717) is 16.3 Å². The second-order valence-electron chi connectivity index (χ2n) is 3.76. The minimum absolute atomic E-state index is 0.509. The number of halogens is 1. The lowest BCUT2D eigenvalue weighted by Crippen LogP contribution is -1.99. The molecule has 0 atom stereocenters. The van der Waals surface area contributed by atoms with Crippen LogP contribution in [0, 0.1) is 11.3 Å². The first-order valence-electron chi connectivity index (χ1n) is 5.30. The van der Waals surface area contributed by atoms with Crippen LogP contribution in [0.1, 0.15) is 5.56 Å². The van der Waals surface area contributed by atoms with Crippen molar-refractivity contribution in [2.75, 3.05) is 0 Å². The van der Waals surface area contributed by atoms with Gasteiger partial charge in [-0.2, -0.15) is 5.26 Å². The summed E-state index contributed by atoms with van der Waals surface area (Å²) in [6.45, 7) is 0. The number of para-hydroxylation sites is 1. The number of fused-ring (bicyclic) bond motifs is 1. The van der Waals surface area contributed by atoms with Gasteiger partial charge in [0, 0.05) is 5.02 Å². The number of rotatable bonds is 1. The van der Waals surface area contributed by atoms with Crippen molar-refractivity contribution < 1.29 is 0 Å². The van der Waals surface area contributed by atoms with Crippen molar-refractivity contribution in [2.45, 2.75) is 0 Å². The van der Waals surface area contributed by atoms with Crippen LogP contribution in [0.3, 0.4) is 0 Å². The Morgan fingerprint density at radius 2 is 2.00 bits per heavy atom. The molecular weight excluding hydrogens is 248 g/mol. The number of hydrogen-bond donors (Lipinski definition) is 0. The first-order valence-corrected chi connectivity index (χ1v) is 5.68. The van der Waals surface area contributed by atoms with Gasteiger partial charge in [-0.1, -0.05) is 28.9 Å². The van der Waals surface area contributed by atoms with Crippen molar-refractivity contribution in [3.8, 4) is 11.8 Å². The van der Waals surface area contributed by atoms with Crippen molar-refractivity contribution in [2.24, 2.45) is 0 Å². The fraction of sp³-hybridized carbons (Fsp3) is 0. The summed E-state index contributed by atoms with van der Waals surface area (Å²) in [5.74, 6) is 0. The molecule has 0 N–H and O–H groups in total. The zero-order valence-electron chi connectivity index (χ0n) is 9.21. The number of nitrogens with zero attached hydrogens (tertiary/aromatic N) is 4. The number of nitriles is 1. The van der Waals surface area contributed by atoms with E-state index in [-0.39, 0.29) is 0 Å². The van der Waals surface area contributed by atoms with Gasteiger partial charge < -0.3 is 0 Å². The number of hydrogen-bond acceptors (Lipinski definition) is 3. The summed E-state index contributed by atoms with van der Waals surface area (Å²) in [4.78, 5) is 0. The second-order valence-corrected chi connectivity index (χ2v) is 4.20. The summed E-state index contributed by atoms with van der Waals surface area (Å²) in [7, 11) is 0. The molecule has 18 heavy (non-hydrogen) atoms. The lowest BCUT2D eigenvalue weighted by molar-refractivity contribution is 0.822. The van der Waals surface area contributed by atoms with Gasteiger partial charge in [0.05, 0.1) is 16.8 Å². The maximum absolute atomic E-state index is 9.13. The third-order valence-electron chi connectivity index (χ3n) is 2.66. The molecule has 3 aromatic rings. The van der Waals surface area contributed by atoms with Crippen LogP contribution in [-0.4, -0.2) is 15.0 Å². The summed E-state index contributed by atoms with van der Waals surface area (Å²) in [5, 5.41) is 17.8. The highest BCUT2D eigenvalue weighted by molar-refractivity contribution is 6.30. The van der Waals surface area contributed by atoms with E-state index in [2.05, 4.69) is 16.4 Å². The molecule has 86 valence electrons. The second kappa shape index (κ2) is 4.13. The predicted octanol–water partition coefficient (Wildman–Crippen LogP) is 2.95. The smallest absolute Gasteiger partial charge is 0.113 e. The quantitative estimate of drug-likeness (QED) is 0.671. The van der Waals surface area contributed by atoms with Gasteiger partial charge in [-0.3, -0.25) is 0 Å². The normalized spacial score (nSPS) is 10.4. The van der Waals surface area contributed by atoms with E-state index >= 15 is 0 Å². The van der Waals surface area contributed by atoms with Gasteiger partial charge >= 0.3 is 0 Å². The minimum atomic E-state index is 0.509. The summed E-state index contributed by atoms with van der Waals surface area (Å²) in [5.41, 5.74) is 2.77. The molecule has 0 bridgehead atoms. The Labute approximate surface area is 108 Å². The molecule has 1 heterocycles. The van der Waals surface area contributed by atoms with Gasteiger partial charge in [-0.05, 0) is 30.3 Å². The molecule has 0 unspecified atom stereocenters. The molecule has 0 amide bonds. The summed E-state index contributed by atoms with van der Waals surface area (Å²) >= 11 is 5.97. The minimum Gasteiger partial charge on any atom is -0.211 e. The van der Waals surface area contributed by atoms with E-state index in [0.717, 1.165) is 11.0 Å². The van der Waals surface area contributed by atoms with Crippen LogP contribution in [-0.2, 0) is 0 Å². The van der Waals surface area contributed by atoms with Crippen LogP contribution in [0.25, 0.3) is 16.7 Å².